The predicted molar refractivity (Wildman–Crippen MR) is 106 cm³/mol. The number of likely N-dealkylation sites (N-methyl/N-ethyl adjacent to an activating group) is 1. The minimum absolute atomic E-state index is 0.0248. The third-order valence-corrected chi connectivity index (χ3v) is 5.67. The number of urea groups is 1. The van der Waals surface area contributed by atoms with Crippen molar-refractivity contribution in [1.82, 2.24) is 9.80 Å². The number of aliphatic carboxylic acids is 1. The summed E-state index contributed by atoms with van der Waals surface area (Å²) in [6.07, 6.45) is 2.51. The number of carbonyl (C=O) groups excluding carboxylic acids is 1. The second-order valence-corrected chi connectivity index (χ2v) is 8.13. The van der Waals surface area contributed by atoms with Crippen LogP contribution in [0.1, 0.15) is 26.2 Å². The third kappa shape index (κ3) is 6.07. The van der Waals surface area contributed by atoms with Crippen LogP contribution in [0, 0.1) is 0 Å². The Morgan fingerprint density at radius 2 is 2.15 bits per heavy atom. The molecule has 6 nitrogen and oxygen atoms in total. The molecule has 1 unspecified atom stereocenters. The van der Waals surface area contributed by atoms with Gasteiger partial charge in [-0.25, -0.2) is 4.79 Å². The average Bonchev–Trinajstić information content (AvgIpc) is 2.83. The number of thioether (sulfide) groups is 1. The fraction of sp³-hybridized carbons (Fsp3) is 0.556. The number of rotatable bonds is 6. The van der Waals surface area contributed by atoms with Crippen molar-refractivity contribution >= 4 is 41.1 Å². The minimum atomic E-state index is -0.826. The van der Waals surface area contributed by atoms with Crippen molar-refractivity contribution in [2.45, 2.75) is 37.1 Å². The van der Waals surface area contributed by atoms with Gasteiger partial charge in [-0.05, 0) is 50.3 Å². The van der Waals surface area contributed by atoms with Crippen LogP contribution in [0.4, 0.5) is 10.5 Å². The molecule has 1 saturated heterocycles. The molecular formula is C18H26ClN3O3S. The van der Waals surface area contributed by atoms with E-state index in [1.54, 1.807) is 22.7 Å². The van der Waals surface area contributed by atoms with E-state index < -0.39 is 5.97 Å². The van der Waals surface area contributed by atoms with E-state index in [-0.39, 0.29) is 18.6 Å². The van der Waals surface area contributed by atoms with Crippen molar-refractivity contribution in [3.05, 3.63) is 23.2 Å². The number of halogens is 1. The molecular weight excluding hydrogens is 374 g/mol. The van der Waals surface area contributed by atoms with Crippen LogP contribution < -0.4 is 5.32 Å². The van der Waals surface area contributed by atoms with E-state index in [9.17, 15) is 9.59 Å². The fourth-order valence-corrected chi connectivity index (χ4v) is 4.05. The molecule has 144 valence electrons. The van der Waals surface area contributed by atoms with Gasteiger partial charge in [0.15, 0.2) is 0 Å². The Balaban J connectivity index is 1.98. The Hall–Kier alpha value is -1.44. The molecule has 1 heterocycles. The molecule has 1 atom stereocenters. The Bertz CT molecular complexity index is 644. The minimum Gasteiger partial charge on any atom is -0.480 e. The summed E-state index contributed by atoms with van der Waals surface area (Å²) < 4.78 is 0. The fourth-order valence-electron chi connectivity index (χ4n) is 3.14. The summed E-state index contributed by atoms with van der Waals surface area (Å²) in [5.41, 5.74) is 0.734. The quantitative estimate of drug-likeness (QED) is 0.710. The summed E-state index contributed by atoms with van der Waals surface area (Å²) in [6, 6.07) is 5.57. The number of carbonyl (C=O) groups is 2. The summed E-state index contributed by atoms with van der Waals surface area (Å²) in [7, 11) is 1.83. The van der Waals surface area contributed by atoms with Gasteiger partial charge < -0.3 is 15.3 Å². The van der Waals surface area contributed by atoms with Gasteiger partial charge in [-0.2, -0.15) is 0 Å². The predicted octanol–water partition coefficient (Wildman–Crippen LogP) is 3.85. The SMILES string of the molecule is CCSc1ccc(Cl)cc1NC(=O)N1CCCC(N(C)CC(=O)O)CC1. The summed E-state index contributed by atoms with van der Waals surface area (Å²) in [6.45, 7) is 3.36. The molecule has 2 amide bonds. The number of hydrogen-bond acceptors (Lipinski definition) is 4. The van der Waals surface area contributed by atoms with E-state index in [2.05, 4.69) is 12.2 Å². The molecule has 0 spiro atoms. The first kappa shape index (κ1) is 20.9. The number of benzene rings is 1. The van der Waals surface area contributed by atoms with Crippen LogP contribution in [0.3, 0.4) is 0 Å². The van der Waals surface area contributed by atoms with Crippen LogP contribution in [0.15, 0.2) is 23.1 Å². The van der Waals surface area contributed by atoms with Crippen LogP contribution in [0.5, 0.6) is 0 Å². The second-order valence-electron chi connectivity index (χ2n) is 6.38. The van der Waals surface area contributed by atoms with Crippen LogP contribution in [0.25, 0.3) is 0 Å². The molecule has 0 saturated carbocycles. The number of carboxylic acids is 1. The number of carboxylic acid groups (broad SMARTS) is 1. The molecule has 1 aliphatic heterocycles. The van der Waals surface area contributed by atoms with Gasteiger partial charge in [0.05, 0.1) is 12.2 Å². The molecule has 2 N–H and O–H groups in total. The standard InChI is InChI=1S/C18H26ClN3O3S/c1-3-26-16-7-6-13(19)11-15(16)20-18(25)22-9-4-5-14(8-10-22)21(2)12-17(23)24/h6-7,11,14H,3-5,8-10,12H2,1-2H3,(H,20,25)(H,23,24). The number of anilines is 1. The zero-order valence-corrected chi connectivity index (χ0v) is 16.8. The molecule has 1 aliphatic rings. The second kappa shape index (κ2) is 10.0. The van der Waals surface area contributed by atoms with Crippen molar-refractivity contribution < 1.29 is 14.7 Å². The number of nitrogens with one attached hydrogen (secondary N) is 1. The van der Waals surface area contributed by atoms with Crippen LogP contribution >= 0.6 is 23.4 Å². The summed E-state index contributed by atoms with van der Waals surface area (Å²) >= 11 is 7.74. The highest BCUT2D eigenvalue weighted by Gasteiger charge is 2.24. The summed E-state index contributed by atoms with van der Waals surface area (Å²) in [5, 5.41) is 12.5. The molecule has 0 radical (unpaired) electrons. The lowest BCUT2D eigenvalue weighted by Gasteiger charge is -2.26. The van der Waals surface area contributed by atoms with E-state index in [0.29, 0.717) is 18.1 Å². The molecule has 1 aromatic rings. The average molecular weight is 400 g/mol. The van der Waals surface area contributed by atoms with Crippen molar-refractivity contribution in [2.24, 2.45) is 0 Å². The van der Waals surface area contributed by atoms with Crippen LogP contribution in [-0.2, 0) is 4.79 Å². The van der Waals surface area contributed by atoms with Gasteiger partial charge in [-0.3, -0.25) is 9.69 Å². The Morgan fingerprint density at radius 1 is 1.38 bits per heavy atom. The number of likely N-dealkylation sites (tertiary alicyclic amines) is 1. The van der Waals surface area contributed by atoms with E-state index in [4.69, 9.17) is 16.7 Å². The number of amides is 2. The molecule has 8 heteroatoms. The monoisotopic (exact) mass is 399 g/mol. The van der Waals surface area contributed by atoms with Gasteiger partial charge in [0, 0.05) is 29.0 Å². The van der Waals surface area contributed by atoms with Gasteiger partial charge in [0.2, 0.25) is 0 Å². The Morgan fingerprint density at radius 3 is 2.85 bits per heavy atom. The lowest BCUT2D eigenvalue weighted by Crippen LogP contribution is -2.38. The van der Waals surface area contributed by atoms with E-state index >= 15 is 0 Å². The van der Waals surface area contributed by atoms with E-state index in [1.807, 2.05) is 24.1 Å². The summed E-state index contributed by atoms with van der Waals surface area (Å²) in [4.78, 5) is 28.3. The normalized spacial score (nSPS) is 17.8. The van der Waals surface area contributed by atoms with E-state index in [1.165, 1.54) is 0 Å². The number of hydrogen-bond donors (Lipinski definition) is 2. The first-order chi connectivity index (χ1) is 12.4. The highest BCUT2D eigenvalue weighted by atomic mass is 35.5. The maximum atomic E-state index is 12.7. The molecule has 0 bridgehead atoms. The van der Waals surface area contributed by atoms with Gasteiger partial charge in [-0.1, -0.05) is 18.5 Å². The lowest BCUT2D eigenvalue weighted by atomic mass is 10.1. The van der Waals surface area contributed by atoms with Crippen LogP contribution in [-0.4, -0.2) is 65.4 Å². The van der Waals surface area contributed by atoms with E-state index in [0.717, 1.165) is 35.6 Å². The third-order valence-electron chi connectivity index (χ3n) is 4.48. The topological polar surface area (TPSA) is 72.9 Å². The zero-order chi connectivity index (χ0) is 19.1. The van der Waals surface area contributed by atoms with Crippen molar-refractivity contribution in [3.8, 4) is 0 Å². The molecule has 0 aromatic heterocycles. The van der Waals surface area contributed by atoms with Gasteiger partial charge in [0.25, 0.3) is 0 Å². The van der Waals surface area contributed by atoms with Gasteiger partial charge in [-0.15, -0.1) is 11.8 Å². The van der Waals surface area contributed by atoms with Crippen molar-refractivity contribution in [3.63, 3.8) is 0 Å². The van der Waals surface area contributed by atoms with Gasteiger partial charge >= 0.3 is 12.0 Å². The first-order valence-corrected chi connectivity index (χ1v) is 10.2. The lowest BCUT2D eigenvalue weighted by molar-refractivity contribution is -0.138. The maximum absolute atomic E-state index is 12.7. The maximum Gasteiger partial charge on any atom is 0.321 e. The highest BCUT2D eigenvalue weighted by molar-refractivity contribution is 7.99. The first-order valence-electron chi connectivity index (χ1n) is 8.81. The van der Waals surface area contributed by atoms with Crippen molar-refractivity contribution in [2.75, 3.05) is 37.8 Å². The summed E-state index contributed by atoms with van der Waals surface area (Å²) in [5.74, 6) is 0.0829. The largest absolute Gasteiger partial charge is 0.480 e. The highest BCUT2D eigenvalue weighted by Crippen LogP contribution is 2.30. The van der Waals surface area contributed by atoms with Crippen molar-refractivity contribution in [1.29, 1.82) is 0 Å². The Kier molecular flexibility index (Phi) is 8.06. The number of nitrogens with zero attached hydrogens (tertiary/aromatic N) is 2. The van der Waals surface area contributed by atoms with Crippen LogP contribution in [0.2, 0.25) is 5.02 Å². The molecule has 2 rings (SSSR count). The molecule has 1 aromatic carbocycles. The smallest absolute Gasteiger partial charge is 0.321 e. The Labute approximate surface area is 163 Å². The van der Waals surface area contributed by atoms with Gasteiger partial charge in [0.1, 0.15) is 0 Å². The molecule has 26 heavy (non-hydrogen) atoms. The molecule has 1 fully saturated rings. The molecule has 0 aliphatic carbocycles. The zero-order valence-electron chi connectivity index (χ0n) is 15.2.